The van der Waals surface area contributed by atoms with E-state index in [4.69, 9.17) is 0 Å². The van der Waals surface area contributed by atoms with E-state index in [1.807, 2.05) is 23.6 Å². The van der Waals surface area contributed by atoms with E-state index < -0.39 is 0 Å². The topological polar surface area (TPSA) is 30.7 Å². The molecule has 2 aromatic rings. The maximum atomic E-state index is 4.04. The Balaban J connectivity index is 2.62. The lowest BCUT2D eigenvalue weighted by atomic mass is 10.2. The first kappa shape index (κ1) is 9.65. The number of hydrogen-bond acceptors (Lipinski definition) is 2. The van der Waals surface area contributed by atoms with Gasteiger partial charge in [-0.25, -0.2) is 0 Å². The van der Waals surface area contributed by atoms with Crippen molar-refractivity contribution in [3.8, 4) is 5.69 Å². The molecule has 3 nitrogen and oxygen atoms in total. The van der Waals surface area contributed by atoms with Gasteiger partial charge in [0.05, 0.1) is 0 Å². The molecule has 0 amide bonds. The lowest BCUT2D eigenvalue weighted by Gasteiger charge is -2.06. The molecule has 3 heteroatoms. The maximum Gasteiger partial charge on any atom is 0.160 e. The molecule has 1 heterocycles. The molecule has 0 fully saturated rings. The number of nitrogens with zero attached hydrogens (tertiary/aromatic N) is 3. The normalized spacial score (nSPS) is 10.3. The first-order chi connectivity index (χ1) is 7.22. The Bertz CT molecular complexity index is 497. The van der Waals surface area contributed by atoms with Crippen molar-refractivity contribution in [1.82, 2.24) is 14.8 Å². The Morgan fingerprint density at radius 1 is 1.27 bits per heavy atom. The van der Waals surface area contributed by atoms with Crippen LogP contribution in [-0.4, -0.2) is 14.8 Å². The predicted molar refractivity (Wildman–Crippen MR) is 60.9 cm³/mol. The van der Waals surface area contributed by atoms with E-state index in [9.17, 15) is 0 Å². The Hall–Kier alpha value is -1.90. The van der Waals surface area contributed by atoms with Crippen molar-refractivity contribution < 1.29 is 0 Å². The maximum absolute atomic E-state index is 4.04. The zero-order valence-electron chi connectivity index (χ0n) is 8.94. The molecule has 0 saturated carbocycles. The number of hydrogen-bond donors (Lipinski definition) is 0. The molecule has 0 atom stereocenters. The van der Waals surface area contributed by atoms with Crippen LogP contribution in [0.1, 0.15) is 17.2 Å². The molecule has 76 valence electrons. The molecule has 0 unspecified atom stereocenters. The highest BCUT2D eigenvalue weighted by Gasteiger charge is 2.07. The average Bonchev–Trinajstić information content (AvgIpc) is 2.59. The van der Waals surface area contributed by atoms with Crippen LogP contribution in [0.4, 0.5) is 0 Å². The van der Waals surface area contributed by atoms with Crippen molar-refractivity contribution in [1.29, 1.82) is 0 Å². The standard InChI is InChI=1S/C12H13N3/c1-4-12-14-13-10(3)15(12)11-7-5-6-9(2)8-11/h4-8H,1H2,2-3H3. The molecule has 0 saturated heterocycles. The Labute approximate surface area is 89.1 Å². The lowest BCUT2D eigenvalue weighted by molar-refractivity contribution is 0.963. The highest BCUT2D eigenvalue weighted by atomic mass is 15.3. The fourth-order valence-electron chi connectivity index (χ4n) is 1.60. The molecule has 2 rings (SSSR count). The molecular formula is C12H13N3. The van der Waals surface area contributed by atoms with Crippen molar-refractivity contribution in [2.24, 2.45) is 0 Å². The van der Waals surface area contributed by atoms with E-state index in [0.29, 0.717) is 0 Å². The van der Waals surface area contributed by atoms with Gasteiger partial charge in [0.15, 0.2) is 5.82 Å². The van der Waals surface area contributed by atoms with Crippen LogP contribution < -0.4 is 0 Å². The number of aromatic nitrogens is 3. The van der Waals surface area contributed by atoms with Crippen LogP contribution >= 0.6 is 0 Å². The Morgan fingerprint density at radius 3 is 2.73 bits per heavy atom. The van der Waals surface area contributed by atoms with Crippen molar-refractivity contribution >= 4 is 6.08 Å². The molecule has 0 aliphatic rings. The van der Waals surface area contributed by atoms with Crippen molar-refractivity contribution in [2.75, 3.05) is 0 Å². The van der Waals surface area contributed by atoms with Crippen LogP contribution in [0.5, 0.6) is 0 Å². The van der Waals surface area contributed by atoms with Gasteiger partial charge in [-0.3, -0.25) is 4.57 Å². The van der Waals surface area contributed by atoms with Crippen LogP contribution in [0, 0.1) is 13.8 Å². The molecule has 0 N–H and O–H groups in total. The first-order valence-corrected chi connectivity index (χ1v) is 4.84. The van der Waals surface area contributed by atoms with Gasteiger partial charge in [0.25, 0.3) is 0 Å². The summed E-state index contributed by atoms with van der Waals surface area (Å²) >= 11 is 0. The van der Waals surface area contributed by atoms with Crippen LogP contribution in [0.15, 0.2) is 30.8 Å². The minimum absolute atomic E-state index is 0.776. The Morgan fingerprint density at radius 2 is 2.07 bits per heavy atom. The van der Waals surface area contributed by atoms with Gasteiger partial charge in [-0.1, -0.05) is 18.7 Å². The van der Waals surface area contributed by atoms with E-state index in [0.717, 1.165) is 17.3 Å². The van der Waals surface area contributed by atoms with E-state index in [-0.39, 0.29) is 0 Å². The van der Waals surface area contributed by atoms with Gasteiger partial charge in [-0.15, -0.1) is 10.2 Å². The fraction of sp³-hybridized carbons (Fsp3) is 0.167. The van der Waals surface area contributed by atoms with Crippen molar-refractivity contribution in [3.05, 3.63) is 48.1 Å². The van der Waals surface area contributed by atoms with Gasteiger partial charge in [0.1, 0.15) is 5.82 Å². The second-order valence-electron chi connectivity index (χ2n) is 3.48. The zero-order valence-corrected chi connectivity index (χ0v) is 8.94. The van der Waals surface area contributed by atoms with E-state index >= 15 is 0 Å². The van der Waals surface area contributed by atoms with Gasteiger partial charge < -0.3 is 0 Å². The molecule has 1 aromatic carbocycles. The summed E-state index contributed by atoms with van der Waals surface area (Å²) in [5.41, 5.74) is 2.29. The van der Waals surface area contributed by atoms with Gasteiger partial charge in [-0.05, 0) is 37.6 Å². The molecule has 0 aliphatic heterocycles. The third-order valence-electron chi connectivity index (χ3n) is 2.29. The second kappa shape index (κ2) is 3.69. The summed E-state index contributed by atoms with van der Waals surface area (Å²) in [7, 11) is 0. The molecular weight excluding hydrogens is 186 g/mol. The molecule has 0 bridgehead atoms. The predicted octanol–water partition coefficient (Wildman–Crippen LogP) is 2.53. The summed E-state index contributed by atoms with van der Waals surface area (Å²) < 4.78 is 1.99. The smallest absolute Gasteiger partial charge is 0.160 e. The number of benzene rings is 1. The summed E-state index contributed by atoms with van der Waals surface area (Å²) in [6, 6.07) is 8.23. The van der Waals surface area contributed by atoms with Gasteiger partial charge in [0.2, 0.25) is 0 Å². The van der Waals surface area contributed by atoms with Gasteiger partial charge in [-0.2, -0.15) is 0 Å². The first-order valence-electron chi connectivity index (χ1n) is 4.84. The summed E-state index contributed by atoms with van der Waals surface area (Å²) in [6.07, 6.45) is 1.71. The summed E-state index contributed by atoms with van der Waals surface area (Å²) in [5.74, 6) is 1.65. The fourth-order valence-corrected chi connectivity index (χ4v) is 1.60. The molecule has 0 aliphatic carbocycles. The monoisotopic (exact) mass is 199 g/mol. The third kappa shape index (κ3) is 1.68. The number of aryl methyl sites for hydroxylation is 2. The molecule has 15 heavy (non-hydrogen) atoms. The van der Waals surface area contributed by atoms with Crippen LogP contribution in [0.2, 0.25) is 0 Å². The minimum atomic E-state index is 0.776. The van der Waals surface area contributed by atoms with Crippen molar-refractivity contribution in [3.63, 3.8) is 0 Å². The second-order valence-corrected chi connectivity index (χ2v) is 3.48. The third-order valence-corrected chi connectivity index (χ3v) is 2.29. The van der Waals surface area contributed by atoms with E-state index in [1.54, 1.807) is 6.08 Å². The van der Waals surface area contributed by atoms with Gasteiger partial charge in [0, 0.05) is 5.69 Å². The summed E-state index contributed by atoms with van der Waals surface area (Å²) in [4.78, 5) is 0. The van der Waals surface area contributed by atoms with Crippen LogP contribution in [0.3, 0.4) is 0 Å². The van der Waals surface area contributed by atoms with E-state index in [1.165, 1.54) is 5.56 Å². The molecule has 0 spiro atoms. The largest absolute Gasteiger partial charge is 0.280 e. The highest BCUT2D eigenvalue weighted by molar-refractivity contribution is 5.45. The quantitative estimate of drug-likeness (QED) is 0.744. The number of rotatable bonds is 2. The zero-order chi connectivity index (χ0) is 10.8. The van der Waals surface area contributed by atoms with Crippen molar-refractivity contribution in [2.45, 2.75) is 13.8 Å². The Kier molecular flexibility index (Phi) is 2.37. The average molecular weight is 199 g/mol. The summed E-state index contributed by atoms with van der Waals surface area (Å²) in [6.45, 7) is 7.73. The molecule has 0 radical (unpaired) electrons. The van der Waals surface area contributed by atoms with Crippen LogP contribution in [0.25, 0.3) is 11.8 Å². The SMILES string of the molecule is C=Cc1nnc(C)n1-c1cccc(C)c1. The summed E-state index contributed by atoms with van der Waals surface area (Å²) in [5, 5.41) is 8.07. The van der Waals surface area contributed by atoms with E-state index in [2.05, 4.69) is 35.8 Å². The van der Waals surface area contributed by atoms with Gasteiger partial charge >= 0.3 is 0 Å². The lowest BCUT2D eigenvalue weighted by Crippen LogP contribution is -1.99. The van der Waals surface area contributed by atoms with Crippen LogP contribution in [-0.2, 0) is 0 Å². The molecule has 1 aromatic heterocycles. The highest BCUT2D eigenvalue weighted by Crippen LogP contribution is 2.14. The minimum Gasteiger partial charge on any atom is -0.280 e.